The van der Waals surface area contributed by atoms with Crippen molar-refractivity contribution in [3.05, 3.63) is 30.3 Å². The van der Waals surface area contributed by atoms with Crippen LogP contribution in [0.3, 0.4) is 0 Å². The molecule has 86 valence electrons. The van der Waals surface area contributed by atoms with Gasteiger partial charge in [0, 0.05) is 19.3 Å². The van der Waals surface area contributed by atoms with Crippen molar-refractivity contribution in [3.8, 4) is 0 Å². The molecule has 0 saturated carbocycles. The van der Waals surface area contributed by atoms with Gasteiger partial charge in [-0.1, -0.05) is 18.2 Å². The van der Waals surface area contributed by atoms with Gasteiger partial charge in [-0.3, -0.25) is 9.59 Å². The largest absolute Gasteiger partial charge is 0.346 e. The lowest BCUT2D eigenvalue weighted by atomic mass is 10.3. The van der Waals surface area contributed by atoms with Crippen molar-refractivity contribution >= 4 is 17.5 Å². The molecule has 0 bridgehead atoms. The van der Waals surface area contributed by atoms with E-state index < -0.39 is 0 Å². The van der Waals surface area contributed by atoms with Crippen molar-refractivity contribution < 1.29 is 9.59 Å². The Morgan fingerprint density at radius 2 is 1.88 bits per heavy atom. The Kier molecular flexibility index (Phi) is 4.51. The second-order valence-corrected chi connectivity index (χ2v) is 3.50. The summed E-state index contributed by atoms with van der Waals surface area (Å²) in [6.45, 7) is 2.48. The minimum absolute atomic E-state index is 0.112. The van der Waals surface area contributed by atoms with E-state index in [2.05, 4.69) is 5.32 Å². The third kappa shape index (κ3) is 3.73. The average molecular weight is 220 g/mol. The zero-order valence-electron chi connectivity index (χ0n) is 9.56. The summed E-state index contributed by atoms with van der Waals surface area (Å²) in [5.41, 5.74) is 0.708. The van der Waals surface area contributed by atoms with Crippen LogP contribution in [0.15, 0.2) is 30.3 Å². The van der Waals surface area contributed by atoms with Gasteiger partial charge in [-0.2, -0.15) is 0 Å². The van der Waals surface area contributed by atoms with E-state index in [1.165, 1.54) is 4.90 Å². The molecule has 0 heterocycles. The minimum atomic E-state index is -0.281. The molecule has 4 heteroatoms. The lowest BCUT2D eigenvalue weighted by Crippen LogP contribution is -2.30. The molecule has 1 aromatic carbocycles. The Morgan fingerprint density at radius 1 is 1.25 bits per heavy atom. The molecule has 4 nitrogen and oxygen atoms in total. The summed E-state index contributed by atoms with van der Waals surface area (Å²) in [4.78, 5) is 24.4. The summed E-state index contributed by atoms with van der Waals surface area (Å²) < 4.78 is 0. The normalized spacial score (nSPS) is 9.62. The van der Waals surface area contributed by atoms with Crippen LogP contribution in [-0.4, -0.2) is 30.3 Å². The summed E-state index contributed by atoms with van der Waals surface area (Å²) in [7, 11) is 1.68. The number of amides is 2. The fourth-order valence-electron chi connectivity index (χ4n) is 1.18. The molecule has 0 fully saturated rings. The molecular formula is C12H16N2O2. The number of hydrogen-bond acceptors (Lipinski definition) is 2. The number of rotatable bonds is 4. The fourth-order valence-corrected chi connectivity index (χ4v) is 1.18. The van der Waals surface area contributed by atoms with Crippen LogP contribution in [0.4, 0.5) is 5.69 Å². The molecule has 0 unspecified atom stereocenters. The zero-order chi connectivity index (χ0) is 12.0. The zero-order valence-corrected chi connectivity index (χ0v) is 9.56. The SMILES string of the molecule is CCN(C)C(=O)CC(=O)Nc1ccccc1. The fraction of sp³-hybridized carbons (Fsp3) is 0.333. The van der Waals surface area contributed by atoms with E-state index in [1.807, 2.05) is 25.1 Å². The van der Waals surface area contributed by atoms with Crippen molar-refractivity contribution in [1.29, 1.82) is 0 Å². The van der Waals surface area contributed by atoms with E-state index >= 15 is 0 Å². The number of benzene rings is 1. The lowest BCUT2D eigenvalue weighted by molar-refractivity contribution is -0.133. The second-order valence-electron chi connectivity index (χ2n) is 3.50. The number of nitrogens with one attached hydrogen (secondary N) is 1. The molecule has 0 atom stereocenters. The summed E-state index contributed by atoms with van der Waals surface area (Å²) in [5, 5.41) is 2.67. The Balaban J connectivity index is 2.46. The maximum atomic E-state index is 11.5. The molecule has 2 amide bonds. The number of anilines is 1. The molecule has 1 N–H and O–H groups in total. The van der Waals surface area contributed by atoms with Gasteiger partial charge in [0.2, 0.25) is 11.8 Å². The van der Waals surface area contributed by atoms with E-state index in [4.69, 9.17) is 0 Å². The smallest absolute Gasteiger partial charge is 0.233 e. The van der Waals surface area contributed by atoms with Gasteiger partial charge in [-0.05, 0) is 19.1 Å². The lowest BCUT2D eigenvalue weighted by Gasteiger charge is -2.13. The summed E-state index contributed by atoms with van der Waals surface area (Å²) >= 11 is 0. The summed E-state index contributed by atoms with van der Waals surface area (Å²) in [6, 6.07) is 9.09. The van der Waals surface area contributed by atoms with Gasteiger partial charge in [0.1, 0.15) is 6.42 Å². The van der Waals surface area contributed by atoms with E-state index in [1.54, 1.807) is 19.2 Å². The first-order valence-corrected chi connectivity index (χ1v) is 5.22. The third-order valence-electron chi connectivity index (χ3n) is 2.27. The molecule has 0 saturated heterocycles. The van der Waals surface area contributed by atoms with Crippen LogP contribution < -0.4 is 5.32 Å². The predicted molar refractivity (Wildman–Crippen MR) is 63.0 cm³/mol. The minimum Gasteiger partial charge on any atom is -0.346 e. The van der Waals surface area contributed by atoms with Gasteiger partial charge < -0.3 is 10.2 Å². The monoisotopic (exact) mass is 220 g/mol. The first kappa shape index (κ1) is 12.2. The van der Waals surface area contributed by atoms with E-state index in [9.17, 15) is 9.59 Å². The maximum Gasteiger partial charge on any atom is 0.233 e. The van der Waals surface area contributed by atoms with Crippen LogP contribution in [0, 0.1) is 0 Å². The first-order chi connectivity index (χ1) is 7.63. The predicted octanol–water partition coefficient (Wildman–Crippen LogP) is 1.49. The topological polar surface area (TPSA) is 49.4 Å². The molecule has 0 spiro atoms. The molecule has 1 aromatic rings. The van der Waals surface area contributed by atoms with Crippen LogP contribution in [0.1, 0.15) is 13.3 Å². The Hall–Kier alpha value is -1.84. The van der Waals surface area contributed by atoms with Gasteiger partial charge >= 0.3 is 0 Å². The van der Waals surface area contributed by atoms with Crippen LogP contribution in [0.5, 0.6) is 0 Å². The van der Waals surface area contributed by atoms with Crippen molar-refractivity contribution in [2.24, 2.45) is 0 Å². The van der Waals surface area contributed by atoms with Crippen molar-refractivity contribution in [3.63, 3.8) is 0 Å². The Labute approximate surface area is 95.3 Å². The van der Waals surface area contributed by atoms with E-state index in [0.29, 0.717) is 12.2 Å². The summed E-state index contributed by atoms with van der Waals surface area (Å²) in [5.74, 6) is -0.451. The molecule has 0 radical (unpaired) electrons. The highest BCUT2D eigenvalue weighted by Crippen LogP contribution is 2.05. The van der Waals surface area contributed by atoms with Gasteiger partial charge in [0.15, 0.2) is 0 Å². The third-order valence-corrected chi connectivity index (χ3v) is 2.27. The van der Waals surface area contributed by atoms with E-state index in [0.717, 1.165) is 0 Å². The van der Waals surface area contributed by atoms with Gasteiger partial charge in [-0.25, -0.2) is 0 Å². The van der Waals surface area contributed by atoms with Crippen molar-refractivity contribution in [2.45, 2.75) is 13.3 Å². The Bertz CT molecular complexity index is 363. The quantitative estimate of drug-likeness (QED) is 0.782. The Morgan fingerprint density at radius 3 is 2.44 bits per heavy atom. The van der Waals surface area contributed by atoms with Gasteiger partial charge in [0.05, 0.1) is 0 Å². The highest BCUT2D eigenvalue weighted by molar-refractivity contribution is 6.03. The standard InChI is InChI=1S/C12H16N2O2/c1-3-14(2)12(16)9-11(15)13-10-7-5-4-6-8-10/h4-8H,3,9H2,1-2H3,(H,13,15). The first-order valence-electron chi connectivity index (χ1n) is 5.22. The van der Waals surface area contributed by atoms with Crippen LogP contribution in [-0.2, 0) is 9.59 Å². The maximum absolute atomic E-state index is 11.5. The van der Waals surface area contributed by atoms with Crippen LogP contribution in [0.25, 0.3) is 0 Å². The van der Waals surface area contributed by atoms with Gasteiger partial charge in [0.25, 0.3) is 0 Å². The number of nitrogens with zero attached hydrogens (tertiary/aromatic N) is 1. The highest BCUT2D eigenvalue weighted by atomic mass is 16.2. The van der Waals surface area contributed by atoms with Gasteiger partial charge in [-0.15, -0.1) is 0 Å². The number of hydrogen-bond donors (Lipinski definition) is 1. The number of carbonyl (C=O) groups excluding carboxylic acids is 2. The molecular weight excluding hydrogens is 204 g/mol. The van der Waals surface area contributed by atoms with Crippen molar-refractivity contribution in [1.82, 2.24) is 4.90 Å². The number of para-hydroxylation sites is 1. The van der Waals surface area contributed by atoms with Crippen LogP contribution >= 0.6 is 0 Å². The molecule has 0 aromatic heterocycles. The molecule has 1 rings (SSSR count). The highest BCUT2D eigenvalue weighted by Gasteiger charge is 2.12. The van der Waals surface area contributed by atoms with Crippen molar-refractivity contribution in [2.75, 3.05) is 18.9 Å². The second kappa shape index (κ2) is 5.90. The average Bonchev–Trinajstić information content (AvgIpc) is 2.29. The summed E-state index contributed by atoms with van der Waals surface area (Å²) in [6.07, 6.45) is -0.112. The molecule has 0 aliphatic rings. The molecule has 16 heavy (non-hydrogen) atoms. The number of carbonyl (C=O) groups is 2. The molecule has 0 aliphatic heterocycles. The molecule has 0 aliphatic carbocycles. The van der Waals surface area contributed by atoms with Crippen LogP contribution in [0.2, 0.25) is 0 Å². The van der Waals surface area contributed by atoms with E-state index in [-0.39, 0.29) is 18.2 Å².